The number of phenolic OH excluding ortho intramolecular Hbond substituents is 2. The van der Waals surface area contributed by atoms with Gasteiger partial charge in [0.05, 0.1) is 24.3 Å². The fourth-order valence-corrected chi connectivity index (χ4v) is 5.03. The van der Waals surface area contributed by atoms with Crippen LogP contribution in [0.3, 0.4) is 0 Å². The number of carbonyl (C=O) groups excluding carboxylic acids is 2. The highest BCUT2D eigenvalue weighted by Gasteiger charge is 2.12. The Morgan fingerprint density at radius 3 is 1.28 bits per heavy atom. The van der Waals surface area contributed by atoms with Crippen molar-refractivity contribution in [1.29, 1.82) is 0 Å². The molecule has 0 aromatic heterocycles. The number of ether oxygens (including phenoxy) is 4. The minimum absolute atomic E-state index is 0.0161. The van der Waals surface area contributed by atoms with Gasteiger partial charge in [0.1, 0.15) is 34.5 Å². The SMILES string of the molecule is CCCCOc1ccc(C(=O)Oc2ccc(C=NCCCCCCCN=Cc3ccc(OC(=O)c4ccc(OCCCC)cc4)cc3O)c(O)c2)cc1. The first-order valence-corrected chi connectivity index (χ1v) is 18.4. The Bertz CT molecular complexity index is 1650. The Labute approximate surface area is 312 Å². The topological polar surface area (TPSA) is 136 Å². The first-order valence-electron chi connectivity index (χ1n) is 18.4. The number of aromatic hydroxyl groups is 2. The average molecular weight is 723 g/mol. The Morgan fingerprint density at radius 2 is 0.906 bits per heavy atom. The van der Waals surface area contributed by atoms with E-state index in [4.69, 9.17) is 18.9 Å². The molecule has 0 heterocycles. The molecule has 4 rings (SSSR count). The minimum Gasteiger partial charge on any atom is -0.507 e. The minimum atomic E-state index is -0.518. The van der Waals surface area contributed by atoms with Crippen molar-refractivity contribution in [3.8, 4) is 34.5 Å². The lowest BCUT2D eigenvalue weighted by Gasteiger charge is -2.08. The third-order valence-corrected chi connectivity index (χ3v) is 8.17. The molecule has 0 unspecified atom stereocenters. The summed E-state index contributed by atoms with van der Waals surface area (Å²) < 4.78 is 22.1. The van der Waals surface area contributed by atoms with Gasteiger partial charge in [-0.15, -0.1) is 0 Å². The van der Waals surface area contributed by atoms with E-state index in [1.165, 1.54) is 12.1 Å². The zero-order valence-corrected chi connectivity index (χ0v) is 30.7. The third kappa shape index (κ3) is 14.1. The molecule has 10 heteroatoms. The number of esters is 2. The van der Waals surface area contributed by atoms with Crippen LogP contribution < -0.4 is 18.9 Å². The molecule has 0 atom stereocenters. The summed E-state index contributed by atoms with van der Waals surface area (Å²) in [6, 6.07) is 23.0. The first-order chi connectivity index (χ1) is 25.9. The molecule has 0 fully saturated rings. The maximum absolute atomic E-state index is 12.5. The lowest BCUT2D eigenvalue weighted by Crippen LogP contribution is -2.08. The molecule has 4 aromatic carbocycles. The highest BCUT2D eigenvalue weighted by molar-refractivity contribution is 5.92. The molecule has 0 saturated heterocycles. The van der Waals surface area contributed by atoms with E-state index in [0.717, 1.165) is 57.8 Å². The summed E-state index contributed by atoms with van der Waals surface area (Å²) in [5.41, 5.74) is 1.88. The van der Waals surface area contributed by atoms with E-state index in [9.17, 15) is 19.8 Å². The summed E-state index contributed by atoms with van der Waals surface area (Å²) in [5.74, 6) is 0.833. The van der Waals surface area contributed by atoms with Gasteiger partial charge < -0.3 is 29.2 Å². The summed E-state index contributed by atoms with van der Waals surface area (Å²) >= 11 is 0. The van der Waals surface area contributed by atoms with Gasteiger partial charge in [-0.3, -0.25) is 9.98 Å². The molecule has 280 valence electrons. The molecular weight excluding hydrogens is 672 g/mol. The number of hydrogen-bond acceptors (Lipinski definition) is 10. The predicted octanol–water partition coefficient (Wildman–Crippen LogP) is 9.38. The third-order valence-electron chi connectivity index (χ3n) is 8.17. The van der Waals surface area contributed by atoms with Crippen molar-refractivity contribution in [2.75, 3.05) is 26.3 Å². The van der Waals surface area contributed by atoms with Gasteiger partial charge in [0.25, 0.3) is 0 Å². The van der Waals surface area contributed by atoms with Crippen molar-refractivity contribution in [3.05, 3.63) is 107 Å². The van der Waals surface area contributed by atoms with Gasteiger partial charge >= 0.3 is 11.9 Å². The largest absolute Gasteiger partial charge is 0.507 e. The number of aliphatic imine (C=N–C) groups is 2. The van der Waals surface area contributed by atoms with Crippen LogP contribution in [0.1, 0.15) is 103 Å². The molecule has 0 bridgehead atoms. The van der Waals surface area contributed by atoms with Gasteiger partial charge in [0.2, 0.25) is 0 Å². The van der Waals surface area contributed by atoms with Crippen LogP contribution in [0, 0.1) is 0 Å². The Hall–Kier alpha value is -5.64. The van der Waals surface area contributed by atoms with Crippen LogP contribution in [0.25, 0.3) is 0 Å². The lowest BCUT2D eigenvalue weighted by atomic mass is 10.1. The molecule has 2 N–H and O–H groups in total. The molecule has 10 nitrogen and oxygen atoms in total. The van der Waals surface area contributed by atoms with Gasteiger partial charge in [0, 0.05) is 48.8 Å². The molecular formula is C43H50N2O8. The Kier molecular flexibility index (Phi) is 16.9. The van der Waals surface area contributed by atoms with E-state index in [1.807, 2.05) is 0 Å². The second-order valence-corrected chi connectivity index (χ2v) is 12.5. The molecule has 0 aliphatic heterocycles. The smallest absolute Gasteiger partial charge is 0.343 e. The van der Waals surface area contributed by atoms with Gasteiger partial charge in [-0.2, -0.15) is 0 Å². The summed E-state index contributed by atoms with van der Waals surface area (Å²) in [5, 5.41) is 20.8. The maximum Gasteiger partial charge on any atom is 0.343 e. The molecule has 0 aliphatic rings. The molecule has 0 spiro atoms. The normalized spacial score (nSPS) is 11.2. The van der Waals surface area contributed by atoms with E-state index in [2.05, 4.69) is 23.8 Å². The van der Waals surface area contributed by atoms with Gasteiger partial charge in [0.15, 0.2) is 0 Å². The van der Waals surface area contributed by atoms with E-state index in [-0.39, 0.29) is 23.0 Å². The molecule has 0 amide bonds. The number of unbranched alkanes of at least 4 members (excludes halogenated alkanes) is 6. The number of hydrogen-bond donors (Lipinski definition) is 2. The number of rotatable bonds is 22. The van der Waals surface area contributed by atoms with Crippen molar-refractivity contribution in [1.82, 2.24) is 0 Å². The van der Waals surface area contributed by atoms with Gasteiger partial charge in [-0.1, -0.05) is 46.0 Å². The van der Waals surface area contributed by atoms with Crippen LogP contribution in [0.4, 0.5) is 0 Å². The van der Waals surface area contributed by atoms with Crippen molar-refractivity contribution in [2.24, 2.45) is 9.98 Å². The second-order valence-electron chi connectivity index (χ2n) is 12.5. The summed E-state index contributed by atoms with van der Waals surface area (Å²) in [4.78, 5) is 33.9. The standard InChI is InChI=1S/C43H50N2O8/c1-3-5-26-50-36-18-12-32(13-19-36)42(48)52-38-22-16-34(40(46)28-38)30-44-24-10-8-7-9-11-25-45-31-35-17-23-39(29-41(35)47)53-43(49)33-14-20-37(21-15-33)51-27-6-4-2/h12-23,28-31,46-47H,3-11,24-27H2,1-2H3. The molecule has 4 aromatic rings. The fourth-order valence-electron chi connectivity index (χ4n) is 5.03. The van der Waals surface area contributed by atoms with E-state index in [1.54, 1.807) is 85.2 Å². The number of benzene rings is 4. The molecule has 0 radical (unpaired) electrons. The van der Waals surface area contributed by atoms with E-state index >= 15 is 0 Å². The lowest BCUT2D eigenvalue weighted by molar-refractivity contribution is 0.0724. The Balaban J connectivity index is 1.08. The van der Waals surface area contributed by atoms with Crippen LogP contribution in [0.2, 0.25) is 0 Å². The van der Waals surface area contributed by atoms with Crippen LogP contribution in [0.15, 0.2) is 94.9 Å². The highest BCUT2D eigenvalue weighted by atomic mass is 16.5. The maximum atomic E-state index is 12.5. The number of phenols is 2. The zero-order chi connectivity index (χ0) is 37.7. The molecule has 53 heavy (non-hydrogen) atoms. The van der Waals surface area contributed by atoms with Crippen LogP contribution >= 0.6 is 0 Å². The van der Waals surface area contributed by atoms with Gasteiger partial charge in [-0.25, -0.2) is 9.59 Å². The quantitative estimate of drug-likeness (QED) is 0.0355. The first kappa shape index (κ1) is 40.1. The van der Waals surface area contributed by atoms with Crippen LogP contribution in [-0.2, 0) is 0 Å². The average Bonchev–Trinajstić information content (AvgIpc) is 3.16. The van der Waals surface area contributed by atoms with Crippen molar-refractivity contribution in [3.63, 3.8) is 0 Å². The summed E-state index contributed by atoms with van der Waals surface area (Å²) in [6.45, 7) is 6.74. The molecule has 0 aliphatic carbocycles. The van der Waals surface area contributed by atoms with Crippen molar-refractivity contribution < 1.29 is 38.7 Å². The van der Waals surface area contributed by atoms with Crippen LogP contribution in [0.5, 0.6) is 34.5 Å². The zero-order valence-electron chi connectivity index (χ0n) is 30.7. The number of nitrogens with zero attached hydrogens (tertiary/aromatic N) is 2. The van der Waals surface area contributed by atoms with Gasteiger partial charge in [-0.05, 0) is 98.5 Å². The second kappa shape index (κ2) is 22.3. The van der Waals surface area contributed by atoms with Crippen LogP contribution in [-0.4, -0.2) is 60.9 Å². The van der Waals surface area contributed by atoms with E-state index in [0.29, 0.717) is 60.1 Å². The fraction of sp³-hybridized carbons (Fsp3) is 0.349. The summed E-state index contributed by atoms with van der Waals surface area (Å²) in [7, 11) is 0. The highest BCUT2D eigenvalue weighted by Crippen LogP contribution is 2.25. The number of carbonyl (C=O) groups is 2. The summed E-state index contributed by atoms with van der Waals surface area (Å²) in [6.07, 6.45) is 12.2. The molecule has 0 saturated carbocycles. The Morgan fingerprint density at radius 1 is 0.528 bits per heavy atom. The van der Waals surface area contributed by atoms with Crippen molar-refractivity contribution in [2.45, 2.75) is 71.6 Å². The monoisotopic (exact) mass is 722 g/mol. The van der Waals surface area contributed by atoms with E-state index < -0.39 is 11.9 Å². The predicted molar refractivity (Wildman–Crippen MR) is 208 cm³/mol. The van der Waals surface area contributed by atoms with Crippen molar-refractivity contribution >= 4 is 24.4 Å².